The minimum absolute atomic E-state index is 0.161. The van der Waals surface area contributed by atoms with Crippen LogP contribution >= 0.6 is 0 Å². The maximum absolute atomic E-state index is 12.2. The number of likely N-dealkylation sites (N-methyl/N-ethyl adjacent to an activating group) is 1. The summed E-state index contributed by atoms with van der Waals surface area (Å²) in [5, 5.41) is 2.71. The molecule has 1 aliphatic rings. The van der Waals surface area contributed by atoms with E-state index in [1.807, 2.05) is 31.2 Å². The molecular formula is C17H25N3O2. The van der Waals surface area contributed by atoms with Crippen molar-refractivity contribution in [3.63, 3.8) is 0 Å². The molecule has 2 rings (SSSR count). The molecule has 0 aromatic heterocycles. The Morgan fingerprint density at radius 3 is 2.41 bits per heavy atom. The fourth-order valence-corrected chi connectivity index (χ4v) is 2.67. The van der Waals surface area contributed by atoms with Crippen LogP contribution in [-0.2, 0) is 16.1 Å². The van der Waals surface area contributed by atoms with Crippen molar-refractivity contribution in [2.24, 2.45) is 0 Å². The summed E-state index contributed by atoms with van der Waals surface area (Å²) in [5.74, 6) is -0.969. The normalized spacial score (nSPS) is 16.3. The van der Waals surface area contributed by atoms with Gasteiger partial charge in [0.1, 0.15) is 0 Å². The highest BCUT2D eigenvalue weighted by molar-refractivity contribution is 6.34. The summed E-state index contributed by atoms with van der Waals surface area (Å²) < 4.78 is 0. The topological polar surface area (TPSA) is 52.7 Å². The monoisotopic (exact) mass is 303 g/mol. The fourth-order valence-electron chi connectivity index (χ4n) is 2.67. The zero-order valence-electron chi connectivity index (χ0n) is 13.6. The Hall–Kier alpha value is -1.88. The highest BCUT2D eigenvalue weighted by Crippen LogP contribution is 2.14. The molecule has 120 valence electrons. The van der Waals surface area contributed by atoms with Crippen molar-refractivity contribution in [3.05, 3.63) is 35.4 Å². The molecule has 0 atom stereocenters. The number of benzene rings is 1. The van der Waals surface area contributed by atoms with Crippen LogP contribution in [0.15, 0.2) is 24.3 Å². The average Bonchev–Trinajstić information content (AvgIpc) is 2.53. The molecule has 0 aliphatic carbocycles. The van der Waals surface area contributed by atoms with Crippen LogP contribution in [0.1, 0.15) is 24.0 Å². The molecule has 1 aliphatic heterocycles. The third-order valence-corrected chi connectivity index (χ3v) is 4.32. The van der Waals surface area contributed by atoms with Crippen molar-refractivity contribution in [1.29, 1.82) is 0 Å². The molecule has 0 saturated carbocycles. The standard InChI is InChI=1S/C17H25N3O2/c1-13-4-6-14(7-5-13)12-18-16(21)17(22)20(3)15-8-10-19(2)11-9-15/h4-7,15H,8-12H2,1-3H3,(H,18,21). The van der Waals surface area contributed by atoms with Gasteiger partial charge in [0.05, 0.1) is 0 Å². The van der Waals surface area contributed by atoms with E-state index in [1.165, 1.54) is 5.56 Å². The molecule has 1 aromatic rings. The second kappa shape index (κ2) is 7.40. The Labute approximate surface area is 132 Å². The van der Waals surface area contributed by atoms with E-state index >= 15 is 0 Å². The van der Waals surface area contributed by atoms with Crippen molar-refractivity contribution < 1.29 is 9.59 Å². The van der Waals surface area contributed by atoms with Crippen LogP contribution in [0, 0.1) is 6.92 Å². The van der Waals surface area contributed by atoms with Gasteiger partial charge in [0.25, 0.3) is 0 Å². The number of nitrogens with zero attached hydrogens (tertiary/aromatic N) is 2. The highest BCUT2D eigenvalue weighted by atomic mass is 16.2. The second-order valence-electron chi connectivity index (χ2n) is 6.12. The smallest absolute Gasteiger partial charge is 0.311 e. The number of piperidine rings is 1. The largest absolute Gasteiger partial charge is 0.344 e. The van der Waals surface area contributed by atoms with Gasteiger partial charge in [0.2, 0.25) is 0 Å². The summed E-state index contributed by atoms with van der Waals surface area (Å²) in [6.07, 6.45) is 1.84. The van der Waals surface area contributed by atoms with E-state index in [-0.39, 0.29) is 6.04 Å². The summed E-state index contributed by atoms with van der Waals surface area (Å²) >= 11 is 0. The number of hydrogen-bond donors (Lipinski definition) is 1. The predicted octanol–water partition coefficient (Wildman–Crippen LogP) is 1.16. The van der Waals surface area contributed by atoms with Crippen molar-refractivity contribution in [2.75, 3.05) is 27.2 Å². The lowest BCUT2D eigenvalue weighted by molar-refractivity contribution is -0.147. The van der Waals surface area contributed by atoms with Crippen LogP contribution in [0.4, 0.5) is 0 Å². The third kappa shape index (κ3) is 4.31. The molecule has 22 heavy (non-hydrogen) atoms. The molecule has 5 heteroatoms. The van der Waals surface area contributed by atoms with Gasteiger partial charge in [-0.1, -0.05) is 29.8 Å². The number of amides is 2. The maximum atomic E-state index is 12.2. The van der Waals surface area contributed by atoms with E-state index in [4.69, 9.17) is 0 Å². The van der Waals surface area contributed by atoms with Crippen molar-refractivity contribution in [3.8, 4) is 0 Å². The first-order valence-electron chi connectivity index (χ1n) is 7.76. The van der Waals surface area contributed by atoms with Crippen molar-refractivity contribution >= 4 is 11.8 Å². The van der Waals surface area contributed by atoms with E-state index < -0.39 is 11.8 Å². The number of carbonyl (C=O) groups is 2. The average molecular weight is 303 g/mol. The van der Waals surface area contributed by atoms with E-state index in [9.17, 15) is 9.59 Å². The van der Waals surface area contributed by atoms with Gasteiger partial charge in [-0.05, 0) is 45.5 Å². The third-order valence-electron chi connectivity index (χ3n) is 4.32. The van der Waals surface area contributed by atoms with Crippen LogP contribution in [0.5, 0.6) is 0 Å². The second-order valence-corrected chi connectivity index (χ2v) is 6.12. The minimum atomic E-state index is -0.526. The van der Waals surface area contributed by atoms with Gasteiger partial charge in [-0.15, -0.1) is 0 Å². The van der Waals surface area contributed by atoms with E-state index in [2.05, 4.69) is 17.3 Å². The number of carbonyl (C=O) groups excluding carboxylic acids is 2. The van der Waals surface area contributed by atoms with Crippen LogP contribution in [0.2, 0.25) is 0 Å². The van der Waals surface area contributed by atoms with E-state index in [0.717, 1.165) is 31.5 Å². The Morgan fingerprint density at radius 2 is 1.82 bits per heavy atom. The lowest BCUT2D eigenvalue weighted by Gasteiger charge is -2.34. The molecule has 0 radical (unpaired) electrons. The molecule has 5 nitrogen and oxygen atoms in total. The van der Waals surface area contributed by atoms with Crippen LogP contribution in [-0.4, -0.2) is 54.8 Å². The number of nitrogens with one attached hydrogen (secondary N) is 1. The number of likely N-dealkylation sites (tertiary alicyclic amines) is 1. The molecule has 1 heterocycles. The maximum Gasteiger partial charge on any atom is 0.311 e. The first-order chi connectivity index (χ1) is 10.5. The summed E-state index contributed by atoms with van der Waals surface area (Å²) in [6, 6.07) is 8.07. The molecular weight excluding hydrogens is 278 g/mol. The van der Waals surface area contributed by atoms with Crippen LogP contribution in [0.3, 0.4) is 0 Å². The Balaban J connectivity index is 1.83. The molecule has 2 amide bonds. The molecule has 0 unspecified atom stereocenters. The molecule has 1 N–H and O–H groups in total. The van der Waals surface area contributed by atoms with Gasteiger partial charge in [0, 0.05) is 19.6 Å². The summed E-state index contributed by atoms with van der Waals surface area (Å²) in [4.78, 5) is 28.1. The van der Waals surface area contributed by atoms with E-state index in [0.29, 0.717) is 6.54 Å². The first kappa shape index (κ1) is 16.5. The Bertz CT molecular complexity index is 519. The van der Waals surface area contributed by atoms with Crippen molar-refractivity contribution in [1.82, 2.24) is 15.1 Å². The zero-order chi connectivity index (χ0) is 16.1. The van der Waals surface area contributed by atoms with Gasteiger partial charge in [-0.25, -0.2) is 0 Å². The number of hydrogen-bond acceptors (Lipinski definition) is 3. The zero-order valence-corrected chi connectivity index (χ0v) is 13.6. The molecule has 1 fully saturated rings. The minimum Gasteiger partial charge on any atom is -0.344 e. The van der Waals surface area contributed by atoms with Gasteiger partial charge in [-0.3, -0.25) is 9.59 Å². The molecule has 0 spiro atoms. The summed E-state index contributed by atoms with van der Waals surface area (Å²) in [7, 11) is 3.80. The molecule has 1 aromatic carbocycles. The fraction of sp³-hybridized carbons (Fsp3) is 0.529. The van der Waals surface area contributed by atoms with Gasteiger partial charge in [0.15, 0.2) is 0 Å². The quantitative estimate of drug-likeness (QED) is 0.853. The van der Waals surface area contributed by atoms with Gasteiger partial charge < -0.3 is 15.1 Å². The van der Waals surface area contributed by atoms with Crippen molar-refractivity contribution in [2.45, 2.75) is 32.4 Å². The van der Waals surface area contributed by atoms with Gasteiger partial charge >= 0.3 is 11.8 Å². The first-order valence-corrected chi connectivity index (χ1v) is 7.76. The van der Waals surface area contributed by atoms with Gasteiger partial charge in [-0.2, -0.15) is 0 Å². The Kier molecular flexibility index (Phi) is 5.55. The Morgan fingerprint density at radius 1 is 1.23 bits per heavy atom. The predicted molar refractivity (Wildman–Crippen MR) is 86.3 cm³/mol. The van der Waals surface area contributed by atoms with E-state index in [1.54, 1.807) is 11.9 Å². The summed E-state index contributed by atoms with van der Waals surface area (Å²) in [6.45, 7) is 4.33. The lowest BCUT2D eigenvalue weighted by Crippen LogP contribution is -2.49. The van der Waals surface area contributed by atoms with Crippen LogP contribution in [0.25, 0.3) is 0 Å². The number of aryl methyl sites for hydroxylation is 1. The lowest BCUT2D eigenvalue weighted by atomic mass is 10.0. The molecule has 1 saturated heterocycles. The molecule has 0 bridgehead atoms. The SMILES string of the molecule is Cc1ccc(CNC(=O)C(=O)N(C)C2CCN(C)CC2)cc1. The van der Waals surface area contributed by atoms with Crippen LogP contribution < -0.4 is 5.32 Å². The highest BCUT2D eigenvalue weighted by Gasteiger charge is 2.27. The summed E-state index contributed by atoms with van der Waals surface area (Å²) in [5.41, 5.74) is 2.17. The number of rotatable bonds is 3.